The van der Waals surface area contributed by atoms with E-state index in [4.69, 9.17) is 23.8 Å². The number of nitrogens with one attached hydrogen (secondary N) is 1. The number of halogens is 1. The van der Waals surface area contributed by atoms with Crippen LogP contribution in [-0.4, -0.2) is 26.9 Å². The molecule has 3 aromatic carbocycles. The van der Waals surface area contributed by atoms with Crippen LogP contribution >= 0.6 is 23.8 Å². The average molecular weight is 462 g/mol. The Bertz CT molecular complexity index is 1470. The summed E-state index contributed by atoms with van der Waals surface area (Å²) in [6, 6.07) is 20.7. The van der Waals surface area contributed by atoms with Gasteiger partial charge in [-0.15, -0.1) is 0 Å². The van der Waals surface area contributed by atoms with Crippen molar-refractivity contribution in [3.05, 3.63) is 109 Å². The molecule has 5 rings (SSSR count). The fraction of sp³-hybridized carbons (Fsp3) is 0.160. The van der Waals surface area contributed by atoms with Crippen molar-refractivity contribution < 1.29 is 4.79 Å². The van der Waals surface area contributed by atoms with Crippen LogP contribution in [0.4, 0.5) is 0 Å². The maximum atomic E-state index is 13.2. The van der Waals surface area contributed by atoms with Crippen molar-refractivity contribution in [1.29, 1.82) is 0 Å². The third kappa shape index (κ3) is 3.76. The van der Waals surface area contributed by atoms with Crippen LogP contribution in [0.5, 0.6) is 0 Å². The van der Waals surface area contributed by atoms with Crippen LogP contribution < -0.4 is 5.56 Å². The minimum atomic E-state index is -0.213. The van der Waals surface area contributed by atoms with Crippen LogP contribution in [0.3, 0.4) is 0 Å². The van der Waals surface area contributed by atoms with Crippen LogP contribution in [0.2, 0.25) is 5.02 Å². The zero-order chi connectivity index (χ0) is 22.2. The summed E-state index contributed by atoms with van der Waals surface area (Å²) in [5, 5.41) is 1.06. The zero-order valence-electron chi connectivity index (χ0n) is 17.2. The van der Waals surface area contributed by atoms with Gasteiger partial charge < -0.3 is 9.88 Å². The molecule has 0 atom stereocenters. The first-order chi connectivity index (χ1) is 15.5. The lowest BCUT2D eigenvalue weighted by molar-refractivity contribution is 0.0735. The molecule has 0 unspecified atom stereocenters. The number of H-pyrrole nitrogens is 1. The third-order valence-corrected chi connectivity index (χ3v) is 6.62. The molecule has 160 valence electrons. The fourth-order valence-corrected chi connectivity index (χ4v) is 4.63. The molecule has 5 nitrogen and oxygen atoms in total. The summed E-state index contributed by atoms with van der Waals surface area (Å²) in [7, 11) is 0. The first-order valence-corrected chi connectivity index (χ1v) is 11.2. The van der Waals surface area contributed by atoms with E-state index in [1.807, 2.05) is 35.2 Å². The average Bonchev–Trinajstić information content (AvgIpc) is 2.81. The number of hydrogen-bond donors (Lipinski definition) is 1. The Morgan fingerprint density at radius 1 is 1.03 bits per heavy atom. The molecule has 1 aliphatic heterocycles. The van der Waals surface area contributed by atoms with E-state index in [1.165, 1.54) is 15.7 Å². The van der Waals surface area contributed by atoms with Crippen LogP contribution in [0.15, 0.2) is 71.5 Å². The van der Waals surface area contributed by atoms with Gasteiger partial charge in [0.1, 0.15) is 0 Å². The summed E-state index contributed by atoms with van der Waals surface area (Å²) in [6.45, 7) is 1.53. The highest BCUT2D eigenvalue weighted by Crippen LogP contribution is 2.22. The first kappa shape index (κ1) is 20.7. The number of aromatic nitrogens is 2. The summed E-state index contributed by atoms with van der Waals surface area (Å²) >= 11 is 11.7. The van der Waals surface area contributed by atoms with E-state index in [-0.39, 0.29) is 18.0 Å². The van der Waals surface area contributed by atoms with Gasteiger partial charge in [-0.2, -0.15) is 0 Å². The Balaban J connectivity index is 1.47. The molecule has 0 aliphatic carbocycles. The topological polar surface area (TPSA) is 58.1 Å². The Hall–Kier alpha value is -3.22. The number of carbonyl (C=O) groups excluding carboxylic acids is 1. The lowest BCUT2D eigenvalue weighted by Crippen LogP contribution is -2.36. The molecular formula is C25H20ClN3O2S. The van der Waals surface area contributed by atoms with Gasteiger partial charge in [-0.25, -0.2) is 0 Å². The number of hydrogen-bond acceptors (Lipinski definition) is 3. The van der Waals surface area contributed by atoms with E-state index in [1.54, 1.807) is 24.3 Å². The quantitative estimate of drug-likeness (QED) is 0.439. The smallest absolute Gasteiger partial charge is 0.262 e. The predicted octanol–water partition coefficient (Wildman–Crippen LogP) is 4.96. The van der Waals surface area contributed by atoms with Crippen LogP contribution in [0.1, 0.15) is 27.0 Å². The van der Waals surface area contributed by atoms with Gasteiger partial charge in [0.2, 0.25) is 0 Å². The molecule has 0 bridgehead atoms. The van der Waals surface area contributed by atoms with Gasteiger partial charge in [-0.05, 0) is 59.6 Å². The van der Waals surface area contributed by atoms with E-state index < -0.39 is 0 Å². The minimum Gasteiger partial charge on any atom is -0.334 e. The van der Waals surface area contributed by atoms with E-state index in [0.29, 0.717) is 39.3 Å². The minimum absolute atomic E-state index is 0.0547. The molecule has 0 radical (unpaired) electrons. The van der Waals surface area contributed by atoms with Crippen LogP contribution in [0, 0.1) is 4.77 Å². The Kier molecular flexibility index (Phi) is 5.41. The molecule has 1 N–H and O–H groups in total. The third-order valence-electron chi connectivity index (χ3n) is 5.93. The highest BCUT2D eigenvalue weighted by atomic mass is 35.5. The normalized spacial score (nSPS) is 13.2. The number of fused-ring (bicyclic) bond motifs is 2. The molecule has 0 spiro atoms. The SMILES string of the molecule is O=C(c1ccc2c(=O)n(Cc3ccccc3Cl)c(=S)[nH]c2c1)N1CCc2ccccc2C1. The maximum absolute atomic E-state index is 13.2. The van der Waals surface area contributed by atoms with Crippen molar-refractivity contribution in [3.8, 4) is 0 Å². The number of nitrogens with zero attached hydrogens (tertiary/aromatic N) is 2. The van der Waals surface area contributed by atoms with E-state index in [9.17, 15) is 9.59 Å². The zero-order valence-corrected chi connectivity index (χ0v) is 18.7. The summed E-state index contributed by atoms with van der Waals surface area (Å²) in [4.78, 5) is 31.2. The van der Waals surface area contributed by atoms with Crippen molar-refractivity contribution in [2.75, 3.05) is 6.54 Å². The van der Waals surface area contributed by atoms with Gasteiger partial charge in [0.05, 0.1) is 17.4 Å². The van der Waals surface area contributed by atoms with Gasteiger partial charge in [0, 0.05) is 23.7 Å². The molecule has 0 fully saturated rings. The van der Waals surface area contributed by atoms with Crippen LogP contribution in [0.25, 0.3) is 10.9 Å². The van der Waals surface area contributed by atoms with Gasteiger partial charge in [0.25, 0.3) is 11.5 Å². The molecule has 0 saturated heterocycles. The van der Waals surface area contributed by atoms with Crippen molar-refractivity contribution in [2.45, 2.75) is 19.5 Å². The number of aromatic amines is 1. The number of rotatable bonds is 3. The Morgan fingerprint density at radius 3 is 2.59 bits per heavy atom. The van der Waals surface area contributed by atoms with Crippen molar-refractivity contribution in [2.24, 2.45) is 0 Å². The highest BCUT2D eigenvalue weighted by Gasteiger charge is 2.22. The van der Waals surface area contributed by atoms with E-state index >= 15 is 0 Å². The summed E-state index contributed by atoms with van der Waals surface area (Å²) in [6.07, 6.45) is 0.838. The summed E-state index contributed by atoms with van der Waals surface area (Å²) in [5.41, 5.74) is 4.15. The molecule has 0 saturated carbocycles. The van der Waals surface area contributed by atoms with E-state index in [2.05, 4.69) is 17.1 Å². The van der Waals surface area contributed by atoms with Gasteiger partial charge in [0.15, 0.2) is 4.77 Å². The Labute approximate surface area is 194 Å². The largest absolute Gasteiger partial charge is 0.334 e. The molecule has 7 heteroatoms. The second-order valence-electron chi connectivity index (χ2n) is 7.92. The Morgan fingerprint density at radius 2 is 1.78 bits per heavy atom. The molecule has 2 heterocycles. The first-order valence-electron chi connectivity index (χ1n) is 10.4. The maximum Gasteiger partial charge on any atom is 0.262 e. The van der Waals surface area contributed by atoms with Gasteiger partial charge >= 0.3 is 0 Å². The highest BCUT2D eigenvalue weighted by molar-refractivity contribution is 7.71. The molecule has 1 aromatic heterocycles. The fourth-order valence-electron chi connectivity index (χ4n) is 4.18. The van der Waals surface area contributed by atoms with Crippen molar-refractivity contribution >= 4 is 40.6 Å². The van der Waals surface area contributed by atoms with E-state index in [0.717, 1.165) is 12.0 Å². The number of amides is 1. The predicted molar refractivity (Wildman–Crippen MR) is 129 cm³/mol. The molecular weight excluding hydrogens is 442 g/mol. The summed E-state index contributed by atoms with van der Waals surface area (Å²) < 4.78 is 1.78. The second kappa shape index (κ2) is 8.37. The van der Waals surface area contributed by atoms with Gasteiger partial charge in [-0.3, -0.25) is 14.2 Å². The number of benzene rings is 3. The second-order valence-corrected chi connectivity index (χ2v) is 8.71. The van der Waals surface area contributed by atoms with Crippen molar-refractivity contribution in [1.82, 2.24) is 14.5 Å². The number of carbonyl (C=O) groups is 1. The summed E-state index contributed by atoms with van der Waals surface area (Å²) in [5.74, 6) is -0.0547. The lowest BCUT2D eigenvalue weighted by Gasteiger charge is -2.29. The molecule has 32 heavy (non-hydrogen) atoms. The van der Waals surface area contributed by atoms with Crippen molar-refractivity contribution in [3.63, 3.8) is 0 Å². The molecule has 4 aromatic rings. The van der Waals surface area contributed by atoms with Crippen LogP contribution in [-0.2, 0) is 19.5 Å². The monoisotopic (exact) mass is 461 g/mol. The lowest BCUT2D eigenvalue weighted by atomic mass is 9.99. The molecule has 1 aliphatic rings. The standard InChI is InChI=1S/C25H20ClN3O2S/c26-21-8-4-3-7-19(21)15-29-24(31)20-10-9-17(13-22(20)27-25(29)32)23(30)28-12-11-16-5-1-2-6-18(16)14-28/h1-10,13H,11-12,14-15H2,(H,27,32). The van der Waals surface area contributed by atoms with Gasteiger partial charge in [-0.1, -0.05) is 54.1 Å². The molecule has 1 amide bonds.